The van der Waals surface area contributed by atoms with Gasteiger partial charge in [0.05, 0.1) is 6.04 Å². The molecule has 1 amide bonds. The summed E-state index contributed by atoms with van der Waals surface area (Å²) in [4.78, 5) is 11.9. The average Bonchev–Trinajstić information content (AvgIpc) is 2.47. The topological polar surface area (TPSA) is 55.1 Å². The lowest BCUT2D eigenvalue weighted by Crippen LogP contribution is -2.41. The second-order valence-corrected chi connectivity index (χ2v) is 4.50. The molecule has 0 fully saturated rings. The molecular weight excluding hydrogens is 272 g/mol. The third kappa shape index (κ3) is 5.03. The zero-order valence-corrected chi connectivity index (χ0v) is 12.0. The Balaban J connectivity index is 0.00000200. The Morgan fingerprint density at radius 1 is 0.950 bits per heavy atom. The number of hydrogen-bond acceptors (Lipinski definition) is 2. The van der Waals surface area contributed by atoms with Gasteiger partial charge < -0.3 is 11.1 Å². The molecule has 106 valence electrons. The number of carbonyl (C=O) groups is 1. The molecule has 0 spiro atoms. The minimum atomic E-state index is -0.508. The van der Waals surface area contributed by atoms with Crippen LogP contribution in [-0.4, -0.2) is 11.9 Å². The van der Waals surface area contributed by atoms with Crippen molar-refractivity contribution >= 4 is 18.3 Å². The van der Waals surface area contributed by atoms with Crippen LogP contribution in [0.1, 0.15) is 11.1 Å². The molecule has 0 aliphatic rings. The Morgan fingerprint density at radius 2 is 1.45 bits per heavy atom. The number of benzene rings is 2. The minimum absolute atomic E-state index is 0. The third-order valence-corrected chi connectivity index (χ3v) is 2.94. The summed E-state index contributed by atoms with van der Waals surface area (Å²) < 4.78 is 0. The van der Waals surface area contributed by atoms with Crippen LogP contribution in [0, 0.1) is 0 Å². The Hall–Kier alpha value is -1.84. The summed E-state index contributed by atoms with van der Waals surface area (Å²) in [5.74, 6) is -0.118. The van der Waals surface area contributed by atoms with E-state index in [2.05, 4.69) is 5.32 Å². The van der Waals surface area contributed by atoms with E-state index in [4.69, 9.17) is 5.73 Å². The Morgan fingerprint density at radius 3 is 2.00 bits per heavy atom. The van der Waals surface area contributed by atoms with Crippen LogP contribution in [0.15, 0.2) is 60.7 Å². The highest BCUT2D eigenvalue weighted by atomic mass is 35.5. The Labute approximate surface area is 125 Å². The highest BCUT2D eigenvalue weighted by molar-refractivity contribution is 5.85. The van der Waals surface area contributed by atoms with Gasteiger partial charge >= 0.3 is 0 Å². The van der Waals surface area contributed by atoms with Crippen molar-refractivity contribution in [2.75, 3.05) is 0 Å². The van der Waals surface area contributed by atoms with E-state index in [1.54, 1.807) is 0 Å². The zero-order valence-electron chi connectivity index (χ0n) is 11.2. The van der Waals surface area contributed by atoms with Crippen LogP contribution >= 0.6 is 12.4 Å². The summed E-state index contributed by atoms with van der Waals surface area (Å²) in [5, 5.41) is 2.86. The van der Waals surface area contributed by atoms with E-state index in [1.807, 2.05) is 60.7 Å². The van der Waals surface area contributed by atoms with Gasteiger partial charge in [-0.2, -0.15) is 0 Å². The van der Waals surface area contributed by atoms with Crippen molar-refractivity contribution in [2.45, 2.75) is 19.0 Å². The number of rotatable bonds is 5. The van der Waals surface area contributed by atoms with E-state index in [0.717, 1.165) is 11.1 Å². The fourth-order valence-electron chi connectivity index (χ4n) is 1.88. The van der Waals surface area contributed by atoms with Gasteiger partial charge in [-0.1, -0.05) is 60.7 Å². The Kier molecular flexibility index (Phi) is 6.77. The summed E-state index contributed by atoms with van der Waals surface area (Å²) >= 11 is 0. The molecule has 20 heavy (non-hydrogen) atoms. The van der Waals surface area contributed by atoms with Gasteiger partial charge in [-0.05, 0) is 17.5 Å². The summed E-state index contributed by atoms with van der Waals surface area (Å²) in [6, 6.07) is 19.1. The molecule has 0 radical (unpaired) electrons. The molecule has 1 atom stereocenters. The van der Waals surface area contributed by atoms with Crippen molar-refractivity contribution in [1.82, 2.24) is 5.32 Å². The molecule has 0 aliphatic carbocycles. The van der Waals surface area contributed by atoms with Crippen LogP contribution in [0.5, 0.6) is 0 Å². The van der Waals surface area contributed by atoms with Crippen molar-refractivity contribution in [3.63, 3.8) is 0 Å². The second kappa shape index (κ2) is 8.35. The largest absolute Gasteiger partial charge is 0.351 e. The van der Waals surface area contributed by atoms with Crippen LogP contribution < -0.4 is 11.1 Å². The van der Waals surface area contributed by atoms with E-state index < -0.39 is 6.04 Å². The zero-order chi connectivity index (χ0) is 13.5. The van der Waals surface area contributed by atoms with Crippen molar-refractivity contribution in [1.29, 1.82) is 0 Å². The van der Waals surface area contributed by atoms with Gasteiger partial charge in [-0.25, -0.2) is 0 Å². The summed E-state index contributed by atoms with van der Waals surface area (Å²) in [7, 11) is 0. The summed E-state index contributed by atoms with van der Waals surface area (Å²) in [5.41, 5.74) is 8.05. The number of hydrogen-bond donors (Lipinski definition) is 2. The van der Waals surface area contributed by atoms with E-state index in [9.17, 15) is 4.79 Å². The maximum absolute atomic E-state index is 11.9. The molecule has 1 unspecified atom stereocenters. The normalized spacial score (nSPS) is 11.2. The number of halogens is 1. The first-order chi connectivity index (χ1) is 9.25. The molecule has 2 rings (SSSR count). The first-order valence-corrected chi connectivity index (χ1v) is 6.37. The highest BCUT2D eigenvalue weighted by Crippen LogP contribution is 2.02. The SMILES string of the molecule is Cl.NC(Cc1ccccc1)C(=O)NCc1ccccc1. The van der Waals surface area contributed by atoms with Crippen LogP contribution in [0.4, 0.5) is 0 Å². The predicted octanol–water partition coefficient (Wildman–Crippen LogP) is 2.29. The van der Waals surface area contributed by atoms with Crippen molar-refractivity contribution in [2.24, 2.45) is 5.73 Å². The number of nitrogens with one attached hydrogen (secondary N) is 1. The van der Waals surface area contributed by atoms with Gasteiger partial charge in [0.1, 0.15) is 0 Å². The monoisotopic (exact) mass is 290 g/mol. The van der Waals surface area contributed by atoms with Crippen LogP contribution in [0.3, 0.4) is 0 Å². The van der Waals surface area contributed by atoms with Crippen LogP contribution in [-0.2, 0) is 17.8 Å². The van der Waals surface area contributed by atoms with Gasteiger partial charge in [-0.3, -0.25) is 4.79 Å². The first-order valence-electron chi connectivity index (χ1n) is 6.37. The fourth-order valence-corrected chi connectivity index (χ4v) is 1.88. The molecule has 2 aromatic rings. The predicted molar refractivity (Wildman–Crippen MR) is 83.7 cm³/mol. The molecule has 0 saturated carbocycles. The van der Waals surface area contributed by atoms with E-state index in [0.29, 0.717) is 13.0 Å². The lowest BCUT2D eigenvalue weighted by atomic mass is 10.1. The molecule has 0 bridgehead atoms. The van der Waals surface area contributed by atoms with E-state index in [1.165, 1.54) is 0 Å². The molecule has 2 aromatic carbocycles. The quantitative estimate of drug-likeness (QED) is 0.888. The summed E-state index contributed by atoms with van der Waals surface area (Å²) in [6.45, 7) is 0.516. The smallest absolute Gasteiger partial charge is 0.237 e. The molecule has 0 heterocycles. The number of amides is 1. The maximum atomic E-state index is 11.9. The van der Waals surface area contributed by atoms with E-state index in [-0.39, 0.29) is 18.3 Å². The van der Waals surface area contributed by atoms with Crippen LogP contribution in [0.2, 0.25) is 0 Å². The van der Waals surface area contributed by atoms with Crippen molar-refractivity contribution in [3.05, 3.63) is 71.8 Å². The molecular formula is C16H19ClN2O. The van der Waals surface area contributed by atoms with Gasteiger partial charge in [0.2, 0.25) is 5.91 Å². The summed E-state index contributed by atoms with van der Waals surface area (Å²) in [6.07, 6.45) is 0.557. The lowest BCUT2D eigenvalue weighted by molar-refractivity contribution is -0.122. The van der Waals surface area contributed by atoms with Gasteiger partial charge in [-0.15, -0.1) is 12.4 Å². The molecule has 0 aromatic heterocycles. The molecule has 4 heteroatoms. The molecule has 0 saturated heterocycles. The van der Waals surface area contributed by atoms with Crippen molar-refractivity contribution < 1.29 is 4.79 Å². The lowest BCUT2D eigenvalue weighted by Gasteiger charge is -2.12. The molecule has 3 N–H and O–H groups in total. The standard InChI is InChI=1S/C16H18N2O.ClH/c17-15(11-13-7-3-1-4-8-13)16(19)18-12-14-9-5-2-6-10-14;/h1-10,15H,11-12,17H2,(H,18,19);1H. The fraction of sp³-hybridized carbons (Fsp3) is 0.188. The van der Waals surface area contributed by atoms with E-state index >= 15 is 0 Å². The van der Waals surface area contributed by atoms with Gasteiger partial charge in [0.15, 0.2) is 0 Å². The average molecular weight is 291 g/mol. The van der Waals surface area contributed by atoms with Crippen molar-refractivity contribution in [3.8, 4) is 0 Å². The number of carbonyl (C=O) groups excluding carboxylic acids is 1. The van der Waals surface area contributed by atoms with Crippen LogP contribution in [0.25, 0.3) is 0 Å². The minimum Gasteiger partial charge on any atom is -0.351 e. The first kappa shape index (κ1) is 16.2. The van der Waals surface area contributed by atoms with Gasteiger partial charge in [0.25, 0.3) is 0 Å². The second-order valence-electron chi connectivity index (χ2n) is 4.50. The Bertz CT molecular complexity index is 517. The maximum Gasteiger partial charge on any atom is 0.237 e. The molecule has 3 nitrogen and oxygen atoms in total. The van der Waals surface area contributed by atoms with Gasteiger partial charge in [0, 0.05) is 6.54 Å². The highest BCUT2D eigenvalue weighted by Gasteiger charge is 2.13. The third-order valence-electron chi connectivity index (χ3n) is 2.94. The number of nitrogens with two attached hydrogens (primary N) is 1. The molecule has 0 aliphatic heterocycles.